The SMILES string of the molecule is CCNc1ccc([N+](=O)[O-])cc1C(=O)N(C)CCN(C)C. The molecule has 7 heteroatoms. The second-order valence-electron chi connectivity index (χ2n) is 5.05. The number of rotatable bonds is 7. The third-order valence-electron chi connectivity index (χ3n) is 3.04. The number of carbonyl (C=O) groups is 1. The fourth-order valence-corrected chi connectivity index (χ4v) is 1.82. The maximum atomic E-state index is 12.5. The van der Waals surface area contributed by atoms with Crippen LogP contribution in [0.1, 0.15) is 17.3 Å². The van der Waals surface area contributed by atoms with Gasteiger partial charge >= 0.3 is 0 Å². The van der Waals surface area contributed by atoms with Crippen molar-refractivity contribution in [1.82, 2.24) is 9.80 Å². The fourth-order valence-electron chi connectivity index (χ4n) is 1.82. The summed E-state index contributed by atoms with van der Waals surface area (Å²) in [5.74, 6) is -0.225. The average Bonchev–Trinajstić information content (AvgIpc) is 2.44. The smallest absolute Gasteiger partial charge is 0.270 e. The van der Waals surface area contributed by atoms with Crippen LogP contribution in [0.15, 0.2) is 18.2 Å². The number of amides is 1. The fraction of sp³-hybridized carbons (Fsp3) is 0.500. The minimum Gasteiger partial charge on any atom is -0.385 e. The molecule has 0 unspecified atom stereocenters. The molecule has 0 saturated carbocycles. The van der Waals surface area contributed by atoms with Crippen LogP contribution in [-0.2, 0) is 0 Å². The lowest BCUT2D eigenvalue weighted by atomic mass is 10.1. The highest BCUT2D eigenvalue weighted by Gasteiger charge is 2.19. The first kappa shape index (κ1) is 16.9. The molecule has 0 fully saturated rings. The molecule has 7 nitrogen and oxygen atoms in total. The molecule has 0 bridgehead atoms. The normalized spacial score (nSPS) is 10.5. The van der Waals surface area contributed by atoms with E-state index in [1.807, 2.05) is 25.9 Å². The van der Waals surface area contributed by atoms with E-state index in [4.69, 9.17) is 0 Å². The molecule has 0 saturated heterocycles. The first-order valence-electron chi connectivity index (χ1n) is 6.79. The second kappa shape index (κ2) is 7.58. The molecule has 0 aromatic heterocycles. The predicted octanol–water partition coefficient (Wildman–Crippen LogP) is 1.66. The Labute approximate surface area is 124 Å². The summed E-state index contributed by atoms with van der Waals surface area (Å²) in [6.07, 6.45) is 0. The summed E-state index contributed by atoms with van der Waals surface area (Å²) >= 11 is 0. The number of benzene rings is 1. The molecule has 0 radical (unpaired) electrons. The van der Waals surface area contributed by atoms with Gasteiger partial charge in [-0.15, -0.1) is 0 Å². The molecule has 21 heavy (non-hydrogen) atoms. The minimum absolute atomic E-state index is 0.0824. The zero-order chi connectivity index (χ0) is 16.0. The lowest BCUT2D eigenvalue weighted by Gasteiger charge is -2.21. The summed E-state index contributed by atoms with van der Waals surface area (Å²) in [4.78, 5) is 26.4. The van der Waals surface area contributed by atoms with Crippen LogP contribution in [0.25, 0.3) is 0 Å². The molecule has 1 aromatic rings. The number of likely N-dealkylation sites (N-methyl/N-ethyl adjacent to an activating group) is 2. The van der Waals surface area contributed by atoms with E-state index in [0.29, 0.717) is 24.3 Å². The van der Waals surface area contributed by atoms with Gasteiger partial charge in [0.1, 0.15) is 0 Å². The first-order chi connectivity index (χ1) is 9.86. The highest BCUT2D eigenvalue weighted by Crippen LogP contribution is 2.23. The molecule has 0 heterocycles. The largest absolute Gasteiger partial charge is 0.385 e. The van der Waals surface area contributed by atoms with Gasteiger partial charge in [-0.2, -0.15) is 0 Å². The average molecular weight is 294 g/mol. The summed E-state index contributed by atoms with van der Waals surface area (Å²) in [6, 6.07) is 4.30. The van der Waals surface area contributed by atoms with E-state index in [9.17, 15) is 14.9 Å². The molecule has 1 aromatic carbocycles. The molecule has 0 aliphatic carbocycles. The standard InChI is InChI=1S/C14H22N4O3/c1-5-15-13-7-6-11(18(20)21)10-12(13)14(19)17(4)9-8-16(2)3/h6-7,10,15H,5,8-9H2,1-4H3. The van der Waals surface area contributed by atoms with Gasteiger partial charge in [-0.05, 0) is 27.1 Å². The number of anilines is 1. The number of nitrogens with one attached hydrogen (secondary N) is 1. The lowest BCUT2D eigenvalue weighted by Crippen LogP contribution is -2.33. The summed E-state index contributed by atoms with van der Waals surface area (Å²) in [7, 11) is 5.55. The van der Waals surface area contributed by atoms with E-state index in [-0.39, 0.29) is 11.6 Å². The van der Waals surface area contributed by atoms with Gasteiger partial charge < -0.3 is 15.1 Å². The number of non-ortho nitro benzene ring substituents is 1. The van der Waals surface area contributed by atoms with Crippen molar-refractivity contribution in [3.8, 4) is 0 Å². The van der Waals surface area contributed by atoms with Crippen molar-refractivity contribution in [2.24, 2.45) is 0 Å². The van der Waals surface area contributed by atoms with Gasteiger partial charge in [0.25, 0.3) is 11.6 Å². The number of nitrogens with zero attached hydrogens (tertiary/aromatic N) is 3. The van der Waals surface area contributed by atoms with Crippen molar-refractivity contribution >= 4 is 17.3 Å². The molecule has 116 valence electrons. The first-order valence-corrected chi connectivity index (χ1v) is 6.79. The van der Waals surface area contributed by atoms with Crippen molar-refractivity contribution in [3.63, 3.8) is 0 Å². The molecular weight excluding hydrogens is 272 g/mol. The van der Waals surface area contributed by atoms with Gasteiger partial charge in [-0.25, -0.2) is 0 Å². The van der Waals surface area contributed by atoms with Gasteiger partial charge in [0.2, 0.25) is 0 Å². The topological polar surface area (TPSA) is 78.7 Å². The Morgan fingerprint density at radius 3 is 2.48 bits per heavy atom. The zero-order valence-electron chi connectivity index (χ0n) is 12.9. The van der Waals surface area contributed by atoms with Crippen molar-refractivity contribution in [2.45, 2.75) is 6.92 Å². The van der Waals surface area contributed by atoms with E-state index in [1.165, 1.54) is 12.1 Å². The Balaban J connectivity index is 3.03. The number of hydrogen-bond donors (Lipinski definition) is 1. The van der Waals surface area contributed by atoms with Gasteiger partial charge in [0.15, 0.2) is 0 Å². The van der Waals surface area contributed by atoms with Crippen LogP contribution in [0.3, 0.4) is 0 Å². The highest BCUT2D eigenvalue weighted by atomic mass is 16.6. The van der Waals surface area contributed by atoms with Crippen molar-refractivity contribution in [1.29, 1.82) is 0 Å². The van der Waals surface area contributed by atoms with E-state index < -0.39 is 4.92 Å². The number of carbonyl (C=O) groups excluding carboxylic acids is 1. The third kappa shape index (κ3) is 4.71. The number of nitro benzene ring substituents is 1. The Kier molecular flexibility index (Phi) is 6.10. The Morgan fingerprint density at radius 1 is 1.29 bits per heavy atom. The van der Waals surface area contributed by atoms with Crippen LogP contribution in [0.2, 0.25) is 0 Å². The molecule has 0 aliphatic heterocycles. The third-order valence-corrected chi connectivity index (χ3v) is 3.04. The second-order valence-corrected chi connectivity index (χ2v) is 5.05. The molecular formula is C14H22N4O3. The van der Waals surface area contributed by atoms with Gasteiger partial charge in [-0.1, -0.05) is 0 Å². The van der Waals surface area contributed by atoms with Crippen molar-refractivity contribution in [3.05, 3.63) is 33.9 Å². The predicted molar refractivity (Wildman–Crippen MR) is 82.8 cm³/mol. The van der Waals surface area contributed by atoms with Crippen LogP contribution in [-0.4, -0.2) is 61.4 Å². The molecule has 1 N–H and O–H groups in total. The summed E-state index contributed by atoms with van der Waals surface area (Å²) < 4.78 is 0. The van der Waals surface area contributed by atoms with Crippen LogP contribution < -0.4 is 5.32 Å². The molecule has 0 spiro atoms. The number of nitro groups is 1. The summed E-state index contributed by atoms with van der Waals surface area (Å²) in [5.41, 5.74) is 0.859. The van der Waals surface area contributed by atoms with Crippen molar-refractivity contribution in [2.75, 3.05) is 46.1 Å². The van der Waals surface area contributed by atoms with Crippen LogP contribution in [0, 0.1) is 10.1 Å². The number of hydrogen-bond acceptors (Lipinski definition) is 5. The maximum Gasteiger partial charge on any atom is 0.270 e. The van der Waals surface area contributed by atoms with Gasteiger partial charge in [-0.3, -0.25) is 14.9 Å². The van der Waals surface area contributed by atoms with Crippen molar-refractivity contribution < 1.29 is 9.72 Å². The van der Waals surface area contributed by atoms with E-state index in [1.54, 1.807) is 18.0 Å². The summed E-state index contributed by atoms with van der Waals surface area (Å²) in [5, 5.41) is 13.9. The lowest BCUT2D eigenvalue weighted by molar-refractivity contribution is -0.384. The van der Waals surface area contributed by atoms with E-state index in [2.05, 4.69) is 5.32 Å². The zero-order valence-corrected chi connectivity index (χ0v) is 12.9. The molecule has 0 atom stereocenters. The van der Waals surface area contributed by atoms with Gasteiger partial charge in [0, 0.05) is 44.5 Å². The molecule has 1 amide bonds. The Morgan fingerprint density at radius 2 is 1.95 bits per heavy atom. The Hall–Kier alpha value is -2.15. The quantitative estimate of drug-likeness (QED) is 0.611. The van der Waals surface area contributed by atoms with Crippen LogP contribution in [0.5, 0.6) is 0 Å². The van der Waals surface area contributed by atoms with Gasteiger partial charge in [0.05, 0.1) is 10.5 Å². The molecule has 0 aliphatic rings. The van der Waals surface area contributed by atoms with Crippen LogP contribution in [0.4, 0.5) is 11.4 Å². The molecule has 1 rings (SSSR count). The Bertz CT molecular complexity index is 517. The summed E-state index contributed by atoms with van der Waals surface area (Å²) in [6.45, 7) is 3.83. The van der Waals surface area contributed by atoms with E-state index in [0.717, 1.165) is 6.54 Å². The van der Waals surface area contributed by atoms with Crippen LogP contribution >= 0.6 is 0 Å². The maximum absolute atomic E-state index is 12.5. The highest BCUT2D eigenvalue weighted by molar-refractivity contribution is 6.00. The van der Waals surface area contributed by atoms with E-state index >= 15 is 0 Å². The monoisotopic (exact) mass is 294 g/mol. The minimum atomic E-state index is -0.494.